The van der Waals surface area contributed by atoms with E-state index >= 15 is 0 Å². The second-order valence-corrected chi connectivity index (χ2v) is 19.5. The maximum absolute atomic E-state index is 14.0. The lowest BCUT2D eigenvalue weighted by Crippen LogP contribution is -2.53. The molecule has 14 nitrogen and oxygen atoms in total. The van der Waals surface area contributed by atoms with Crippen LogP contribution in [0.15, 0.2) is 72.8 Å². The minimum absolute atomic E-state index is 0.112. The summed E-state index contributed by atoms with van der Waals surface area (Å²) in [5.74, 6) is 1.07. The number of nitrogens with zero attached hydrogens (tertiary/aromatic N) is 4. The Bertz CT molecular complexity index is 2660. The fraction of sp³-hybridized carbons (Fsp3) is 0.444. The normalized spacial score (nSPS) is 18.4. The van der Waals surface area contributed by atoms with Crippen molar-refractivity contribution >= 4 is 46.1 Å². The van der Waals surface area contributed by atoms with Crippen LogP contribution in [-0.4, -0.2) is 93.1 Å². The summed E-state index contributed by atoms with van der Waals surface area (Å²) in [6.45, 7) is 8.91. The molecule has 4 amide bonds. The van der Waals surface area contributed by atoms with E-state index in [0.29, 0.717) is 13.1 Å². The van der Waals surface area contributed by atoms with E-state index in [-0.39, 0.29) is 35.7 Å². The van der Waals surface area contributed by atoms with Crippen LogP contribution in [0.5, 0.6) is 0 Å². The van der Waals surface area contributed by atoms with Crippen molar-refractivity contribution in [3.8, 4) is 22.3 Å². The zero-order valence-electron chi connectivity index (χ0n) is 40.1. The van der Waals surface area contributed by atoms with E-state index in [9.17, 15) is 19.2 Å². The molecule has 68 heavy (non-hydrogen) atoms. The Morgan fingerprint density at radius 2 is 1.00 bits per heavy atom. The van der Waals surface area contributed by atoms with Crippen LogP contribution < -0.4 is 10.6 Å². The molecule has 2 unspecified atom stereocenters. The molecule has 6 aromatic rings. The minimum atomic E-state index is -0.697. The van der Waals surface area contributed by atoms with Crippen LogP contribution in [-0.2, 0) is 44.7 Å². The molecule has 2 aliphatic heterocycles. The minimum Gasteiger partial charge on any atom is -0.453 e. The highest BCUT2D eigenvalue weighted by Gasteiger charge is 2.38. The van der Waals surface area contributed by atoms with Gasteiger partial charge >= 0.3 is 12.2 Å². The summed E-state index contributed by atoms with van der Waals surface area (Å²) in [5.41, 5.74) is 13.3. The average Bonchev–Trinajstić information content (AvgIpc) is 3.99. The summed E-state index contributed by atoms with van der Waals surface area (Å²) in [6, 6.07) is 24.9. The SMILES string of the molecule is COC(=O)NC(C(=O)N1CCCC[C@H]1c1nc2cc(-c3cc4ccc3CCc3ccc(c(-c5ccc6[nH]c([C@@H]7CCCCN7C(=O)C(NC(=O)OC)C(C)C)nc6c5)c3)CC4)ccc2[nH]1)C(C)C. The molecule has 14 heteroatoms. The number of methoxy groups -OCH3 is 2. The summed E-state index contributed by atoms with van der Waals surface area (Å²) in [4.78, 5) is 73.4. The number of imidazole rings is 2. The third kappa shape index (κ3) is 9.55. The molecule has 0 spiro atoms. The zero-order chi connectivity index (χ0) is 47.6. The van der Waals surface area contributed by atoms with Crippen molar-refractivity contribution in [3.05, 3.63) is 107 Å². The summed E-state index contributed by atoms with van der Waals surface area (Å²) in [7, 11) is 2.62. The lowest BCUT2D eigenvalue weighted by Gasteiger charge is -2.37. The molecule has 4 bridgehead atoms. The van der Waals surface area contributed by atoms with Gasteiger partial charge in [0, 0.05) is 13.1 Å². The zero-order valence-corrected chi connectivity index (χ0v) is 40.1. The number of alkyl carbamates (subject to hydrolysis) is 2. The summed E-state index contributed by atoms with van der Waals surface area (Å²) >= 11 is 0. The Morgan fingerprint density at radius 3 is 1.40 bits per heavy atom. The number of benzene rings is 4. The third-order valence-corrected chi connectivity index (χ3v) is 14.3. The quantitative estimate of drug-likeness (QED) is 0.105. The van der Waals surface area contributed by atoms with Gasteiger partial charge in [-0.05, 0) is 145 Å². The molecule has 4 aliphatic carbocycles. The predicted octanol–water partition coefficient (Wildman–Crippen LogP) is 9.53. The Hall–Kier alpha value is -6.70. The van der Waals surface area contributed by atoms with Gasteiger partial charge in [0.25, 0.3) is 0 Å². The summed E-state index contributed by atoms with van der Waals surface area (Å²) in [5, 5.41) is 5.52. The number of piperidine rings is 2. The van der Waals surface area contributed by atoms with Gasteiger partial charge in [0.1, 0.15) is 23.7 Å². The number of aromatic amines is 2. The predicted molar refractivity (Wildman–Crippen MR) is 263 cm³/mol. The van der Waals surface area contributed by atoms with Gasteiger partial charge in [-0.3, -0.25) is 9.59 Å². The number of ether oxygens (including phenoxy) is 2. The van der Waals surface area contributed by atoms with Crippen molar-refractivity contribution < 1.29 is 28.7 Å². The number of likely N-dealkylation sites (tertiary alicyclic amines) is 2. The number of amides is 4. The third-order valence-electron chi connectivity index (χ3n) is 14.3. The van der Waals surface area contributed by atoms with Crippen molar-refractivity contribution in [2.75, 3.05) is 27.3 Å². The lowest BCUT2D eigenvalue weighted by molar-refractivity contribution is -0.139. The van der Waals surface area contributed by atoms with Crippen molar-refractivity contribution in [1.29, 1.82) is 0 Å². The number of rotatable bonds is 10. The summed E-state index contributed by atoms with van der Waals surface area (Å²) in [6.07, 6.45) is 7.56. The van der Waals surface area contributed by atoms with Gasteiger partial charge in [0.2, 0.25) is 11.8 Å². The van der Waals surface area contributed by atoms with Gasteiger partial charge in [-0.1, -0.05) is 76.2 Å². The number of hydrogen-bond acceptors (Lipinski definition) is 8. The molecule has 12 rings (SSSR count). The Kier molecular flexibility index (Phi) is 13.6. The van der Waals surface area contributed by atoms with Crippen molar-refractivity contribution in [3.63, 3.8) is 0 Å². The number of carbonyl (C=O) groups is 4. The first kappa shape index (κ1) is 46.4. The van der Waals surface area contributed by atoms with E-state index in [1.807, 2.05) is 37.5 Å². The molecular weight excluding hydrogens is 857 g/mol. The first-order chi connectivity index (χ1) is 32.9. The molecule has 2 aromatic heterocycles. The standard InChI is InChI=1S/C54H64N8O6/c1-31(2)47(59-53(65)67-5)51(63)61-25-9-7-11-45(61)49-55-41-23-21-37(29-43(41)57-49)39-27-33-13-17-35(39)19-15-34-14-18-36(20-16-33)40(28-34)38-22-24-42-44(30-38)58-50(56-42)46-12-8-10-26-62(46)52(64)48(32(3)4)60-54(66)68-6/h13-14,17-18,21-24,27-32,45-48H,7-12,15-16,19-20,25-26H2,1-6H3,(H,55,57)(H,56,58)(H,59,65)(H,60,66)/t45-,46-,47?,48?/m0/s1. The Morgan fingerprint density at radius 1 is 0.574 bits per heavy atom. The molecular formula is C54H64N8O6. The number of aryl methyl sites for hydroxylation is 4. The smallest absolute Gasteiger partial charge is 0.407 e. The van der Waals surface area contributed by atoms with Crippen molar-refractivity contribution in [2.24, 2.45) is 11.8 Å². The van der Waals surface area contributed by atoms with E-state index < -0.39 is 24.3 Å². The van der Waals surface area contributed by atoms with Crippen LogP contribution in [0.25, 0.3) is 44.3 Å². The number of hydrogen-bond donors (Lipinski definition) is 4. The molecule has 2 saturated heterocycles. The molecule has 356 valence electrons. The number of H-pyrrole nitrogens is 2. The second kappa shape index (κ2) is 19.9. The maximum atomic E-state index is 14.0. The molecule has 6 aliphatic rings. The average molecular weight is 921 g/mol. The van der Waals surface area contributed by atoms with Gasteiger partial charge in [-0.25, -0.2) is 19.6 Å². The maximum Gasteiger partial charge on any atom is 0.407 e. The van der Waals surface area contributed by atoms with Gasteiger partial charge in [0.05, 0.1) is 48.4 Å². The van der Waals surface area contributed by atoms with Crippen LogP contribution in [0, 0.1) is 11.8 Å². The van der Waals surface area contributed by atoms with Crippen LogP contribution in [0.2, 0.25) is 0 Å². The van der Waals surface area contributed by atoms with E-state index in [0.717, 1.165) is 109 Å². The fourth-order valence-corrected chi connectivity index (χ4v) is 10.5. The highest BCUT2D eigenvalue weighted by atomic mass is 16.5. The largest absolute Gasteiger partial charge is 0.453 e. The second-order valence-electron chi connectivity index (χ2n) is 19.5. The van der Waals surface area contributed by atoms with Crippen LogP contribution >= 0.6 is 0 Å². The first-order valence-corrected chi connectivity index (χ1v) is 24.4. The molecule has 4 atom stereocenters. The monoisotopic (exact) mass is 920 g/mol. The van der Waals surface area contributed by atoms with Gasteiger partial charge in [-0.15, -0.1) is 0 Å². The van der Waals surface area contributed by atoms with Gasteiger partial charge in [0.15, 0.2) is 0 Å². The van der Waals surface area contributed by atoms with Crippen LogP contribution in [0.1, 0.15) is 112 Å². The first-order valence-electron chi connectivity index (χ1n) is 24.4. The summed E-state index contributed by atoms with van der Waals surface area (Å²) < 4.78 is 9.69. The molecule has 4 N–H and O–H groups in total. The Balaban J connectivity index is 0.950. The van der Waals surface area contributed by atoms with Crippen LogP contribution in [0.3, 0.4) is 0 Å². The number of nitrogens with one attached hydrogen (secondary N) is 4. The Labute approximate surface area is 398 Å². The molecule has 4 aromatic carbocycles. The van der Waals surface area contributed by atoms with E-state index in [1.165, 1.54) is 47.6 Å². The van der Waals surface area contributed by atoms with Crippen molar-refractivity contribution in [1.82, 2.24) is 40.4 Å². The number of fused-ring (bicyclic) bond motifs is 2. The molecule has 0 saturated carbocycles. The van der Waals surface area contributed by atoms with E-state index in [2.05, 4.69) is 93.4 Å². The highest BCUT2D eigenvalue weighted by Crippen LogP contribution is 2.37. The number of carbonyl (C=O) groups excluding carboxylic acids is 4. The molecule has 0 radical (unpaired) electrons. The number of aromatic nitrogens is 4. The van der Waals surface area contributed by atoms with E-state index in [4.69, 9.17) is 19.4 Å². The van der Waals surface area contributed by atoms with Crippen LogP contribution in [0.4, 0.5) is 9.59 Å². The lowest BCUT2D eigenvalue weighted by atomic mass is 9.87. The van der Waals surface area contributed by atoms with E-state index in [1.54, 1.807) is 0 Å². The molecule has 4 heterocycles. The molecule has 2 fully saturated rings. The van der Waals surface area contributed by atoms with Crippen molar-refractivity contribution in [2.45, 2.75) is 116 Å². The topological polar surface area (TPSA) is 175 Å². The van der Waals surface area contributed by atoms with Gasteiger partial charge < -0.3 is 39.9 Å². The fourth-order valence-electron chi connectivity index (χ4n) is 10.5. The highest BCUT2D eigenvalue weighted by molar-refractivity contribution is 5.88. The van der Waals surface area contributed by atoms with Gasteiger partial charge in [-0.2, -0.15) is 0 Å².